The van der Waals surface area contributed by atoms with E-state index in [1.165, 1.54) is 4.88 Å². The van der Waals surface area contributed by atoms with Gasteiger partial charge in [-0.05, 0) is 71.9 Å². The molecular weight excluding hydrogens is 428 g/mol. The predicted molar refractivity (Wildman–Crippen MR) is 111 cm³/mol. The van der Waals surface area contributed by atoms with Gasteiger partial charge in [0.1, 0.15) is 5.82 Å². The average molecular weight is 451 g/mol. The minimum Gasteiger partial charge on any atom is -0.355 e. The van der Waals surface area contributed by atoms with Crippen LogP contribution in [0, 0.1) is 5.92 Å². The van der Waals surface area contributed by atoms with E-state index in [-0.39, 0.29) is 17.7 Å². The third-order valence-electron chi connectivity index (χ3n) is 4.58. The number of hydrogen-bond donors (Lipinski definition) is 2. The number of piperidine rings is 1. The van der Waals surface area contributed by atoms with Gasteiger partial charge in [-0.3, -0.25) is 14.5 Å². The lowest BCUT2D eigenvalue weighted by Gasteiger charge is -2.30. The molecule has 3 heterocycles. The topological polar surface area (TPSA) is 74.3 Å². The van der Waals surface area contributed by atoms with Crippen LogP contribution < -0.4 is 10.6 Å². The molecule has 27 heavy (non-hydrogen) atoms. The summed E-state index contributed by atoms with van der Waals surface area (Å²) in [5.74, 6) is 0.586. The Hall–Kier alpha value is -1.77. The summed E-state index contributed by atoms with van der Waals surface area (Å²) in [5, 5.41) is 7.89. The van der Waals surface area contributed by atoms with E-state index in [9.17, 15) is 9.59 Å². The molecule has 1 fully saturated rings. The minimum absolute atomic E-state index is 0.00451. The number of nitrogens with zero attached hydrogens (tertiary/aromatic N) is 2. The zero-order valence-electron chi connectivity index (χ0n) is 15.0. The molecule has 2 amide bonds. The molecule has 6 nitrogen and oxygen atoms in total. The lowest BCUT2D eigenvalue weighted by molar-refractivity contribution is -0.123. The Morgan fingerprint density at radius 2 is 2.07 bits per heavy atom. The summed E-state index contributed by atoms with van der Waals surface area (Å²) in [6, 6.07) is 7.73. The number of aromatic nitrogens is 1. The maximum atomic E-state index is 12.4. The highest BCUT2D eigenvalue weighted by Gasteiger charge is 2.26. The maximum Gasteiger partial charge on any atom is 0.234 e. The van der Waals surface area contributed by atoms with Crippen molar-refractivity contribution in [3.8, 4) is 0 Å². The molecule has 2 aromatic heterocycles. The number of thiophene rings is 1. The second-order valence-electron chi connectivity index (χ2n) is 6.58. The third kappa shape index (κ3) is 6.41. The van der Waals surface area contributed by atoms with Crippen molar-refractivity contribution < 1.29 is 9.59 Å². The van der Waals surface area contributed by atoms with E-state index in [4.69, 9.17) is 0 Å². The van der Waals surface area contributed by atoms with E-state index in [0.29, 0.717) is 18.9 Å². The predicted octanol–water partition coefficient (Wildman–Crippen LogP) is 2.92. The van der Waals surface area contributed by atoms with Gasteiger partial charge in [0, 0.05) is 28.0 Å². The van der Waals surface area contributed by atoms with Crippen LogP contribution in [0.4, 0.5) is 5.82 Å². The van der Waals surface area contributed by atoms with Crippen molar-refractivity contribution in [3.05, 3.63) is 45.2 Å². The Balaban J connectivity index is 1.34. The fraction of sp³-hybridized carbons (Fsp3) is 0.421. The highest BCUT2D eigenvalue weighted by atomic mass is 79.9. The first-order valence-electron chi connectivity index (χ1n) is 9.04. The van der Waals surface area contributed by atoms with E-state index in [1.54, 1.807) is 23.6 Å². The Kier molecular flexibility index (Phi) is 7.37. The molecule has 2 aromatic rings. The fourth-order valence-electron chi connectivity index (χ4n) is 3.07. The van der Waals surface area contributed by atoms with Gasteiger partial charge in [-0.2, -0.15) is 0 Å². The molecule has 1 saturated heterocycles. The summed E-state index contributed by atoms with van der Waals surface area (Å²) in [5.41, 5.74) is 0. The number of hydrogen-bond acceptors (Lipinski definition) is 5. The van der Waals surface area contributed by atoms with Crippen LogP contribution in [0.25, 0.3) is 0 Å². The van der Waals surface area contributed by atoms with Crippen molar-refractivity contribution in [2.45, 2.75) is 19.3 Å². The van der Waals surface area contributed by atoms with Crippen LogP contribution in [0.1, 0.15) is 17.7 Å². The van der Waals surface area contributed by atoms with Crippen LogP contribution in [0.15, 0.2) is 40.3 Å². The molecule has 0 aromatic carbocycles. The smallest absolute Gasteiger partial charge is 0.234 e. The summed E-state index contributed by atoms with van der Waals surface area (Å²) in [6.45, 7) is 2.57. The molecule has 8 heteroatoms. The quantitative estimate of drug-likeness (QED) is 0.679. The maximum absolute atomic E-state index is 12.4. The van der Waals surface area contributed by atoms with Gasteiger partial charge in [-0.25, -0.2) is 4.98 Å². The van der Waals surface area contributed by atoms with E-state index >= 15 is 0 Å². The number of anilines is 1. The van der Waals surface area contributed by atoms with Gasteiger partial charge >= 0.3 is 0 Å². The Morgan fingerprint density at radius 3 is 2.74 bits per heavy atom. The Bertz CT molecular complexity index is 744. The van der Waals surface area contributed by atoms with Crippen LogP contribution in [0.5, 0.6) is 0 Å². The van der Waals surface area contributed by atoms with Gasteiger partial charge in [0.25, 0.3) is 0 Å². The van der Waals surface area contributed by atoms with Crippen molar-refractivity contribution in [2.75, 3.05) is 31.5 Å². The van der Waals surface area contributed by atoms with Gasteiger partial charge < -0.3 is 10.6 Å². The van der Waals surface area contributed by atoms with Crippen molar-refractivity contribution in [1.82, 2.24) is 15.2 Å². The minimum atomic E-state index is -0.0337. The van der Waals surface area contributed by atoms with Crippen LogP contribution in [-0.2, 0) is 16.0 Å². The highest BCUT2D eigenvalue weighted by Crippen LogP contribution is 2.19. The molecule has 1 aliphatic rings. The molecule has 0 aliphatic carbocycles. The first kappa shape index (κ1) is 20.0. The summed E-state index contributed by atoms with van der Waals surface area (Å²) < 4.78 is 0.877. The zero-order chi connectivity index (χ0) is 19.1. The summed E-state index contributed by atoms with van der Waals surface area (Å²) in [7, 11) is 0. The molecule has 2 N–H and O–H groups in total. The number of carbonyl (C=O) groups is 2. The number of rotatable bonds is 7. The van der Waals surface area contributed by atoms with E-state index < -0.39 is 0 Å². The summed E-state index contributed by atoms with van der Waals surface area (Å²) in [4.78, 5) is 32.0. The van der Waals surface area contributed by atoms with Crippen LogP contribution in [0.2, 0.25) is 0 Å². The number of nitrogens with one attached hydrogen (secondary N) is 2. The molecule has 0 radical (unpaired) electrons. The first-order chi connectivity index (χ1) is 13.1. The van der Waals surface area contributed by atoms with Gasteiger partial charge in [-0.1, -0.05) is 6.07 Å². The normalized spacial score (nSPS) is 15.4. The Morgan fingerprint density at radius 1 is 1.26 bits per heavy atom. The lowest BCUT2D eigenvalue weighted by Crippen LogP contribution is -2.43. The molecular formula is C19H23BrN4O2S. The lowest BCUT2D eigenvalue weighted by atomic mass is 9.96. The molecule has 1 aliphatic heterocycles. The monoisotopic (exact) mass is 450 g/mol. The standard InChI is InChI=1S/C19H23BrN4O2S/c20-15-3-4-17(22-12-15)23-19(26)14-6-9-24(10-7-14)13-18(25)21-8-5-16-2-1-11-27-16/h1-4,11-12,14H,5-10,13H2,(H,21,25)(H,22,23,26). The number of likely N-dealkylation sites (tertiary alicyclic amines) is 1. The molecule has 0 saturated carbocycles. The van der Waals surface area contributed by atoms with Crippen LogP contribution in [0.3, 0.4) is 0 Å². The first-order valence-corrected chi connectivity index (χ1v) is 10.7. The number of amides is 2. The summed E-state index contributed by atoms with van der Waals surface area (Å²) in [6.07, 6.45) is 4.04. The molecule has 0 bridgehead atoms. The highest BCUT2D eigenvalue weighted by molar-refractivity contribution is 9.10. The second-order valence-corrected chi connectivity index (χ2v) is 8.53. The fourth-order valence-corrected chi connectivity index (χ4v) is 4.01. The zero-order valence-corrected chi connectivity index (χ0v) is 17.4. The van der Waals surface area contributed by atoms with Gasteiger partial charge in [0.2, 0.25) is 11.8 Å². The molecule has 0 atom stereocenters. The van der Waals surface area contributed by atoms with Crippen molar-refractivity contribution in [3.63, 3.8) is 0 Å². The average Bonchev–Trinajstić information content (AvgIpc) is 3.17. The van der Waals surface area contributed by atoms with Crippen LogP contribution >= 0.6 is 27.3 Å². The Labute approximate surface area is 171 Å². The second kappa shape index (κ2) is 9.96. The summed E-state index contributed by atoms with van der Waals surface area (Å²) >= 11 is 5.04. The van der Waals surface area contributed by atoms with Crippen molar-refractivity contribution in [2.24, 2.45) is 5.92 Å². The van der Waals surface area contributed by atoms with Gasteiger partial charge in [-0.15, -0.1) is 11.3 Å². The third-order valence-corrected chi connectivity index (χ3v) is 5.98. The molecule has 0 unspecified atom stereocenters. The van der Waals surface area contributed by atoms with E-state index in [0.717, 1.165) is 36.8 Å². The number of carbonyl (C=O) groups excluding carboxylic acids is 2. The van der Waals surface area contributed by atoms with Crippen molar-refractivity contribution in [1.29, 1.82) is 0 Å². The van der Waals surface area contributed by atoms with E-state index in [1.807, 2.05) is 17.5 Å². The number of pyridine rings is 1. The van der Waals surface area contributed by atoms with Gasteiger partial charge in [0.15, 0.2) is 0 Å². The molecule has 0 spiro atoms. The van der Waals surface area contributed by atoms with Crippen molar-refractivity contribution >= 4 is 44.9 Å². The SMILES string of the molecule is O=C(CN1CCC(C(=O)Nc2ccc(Br)cn2)CC1)NCCc1cccs1. The van der Waals surface area contributed by atoms with E-state index in [2.05, 4.69) is 42.5 Å². The molecule has 144 valence electrons. The molecule has 3 rings (SSSR count). The van der Waals surface area contributed by atoms with Crippen LogP contribution in [-0.4, -0.2) is 47.9 Å². The number of halogens is 1. The largest absolute Gasteiger partial charge is 0.355 e. The van der Waals surface area contributed by atoms with Gasteiger partial charge in [0.05, 0.1) is 6.54 Å².